The van der Waals surface area contributed by atoms with E-state index in [1.165, 1.54) is 24.2 Å². The molecule has 2 amide bonds. The standard InChI is InChI=1S/C24H30N6O/c1-3-30-21-11-12-28(24(31)26-14-18-7-5-4-6-8-18)16-20(21)22(27-30)23-25-13-17(2)29(23)15-19-9-10-19/h4-8,13,19H,3,9-12,14-16H2,1-2H3,(H,26,31). The molecule has 2 aliphatic rings. The van der Waals surface area contributed by atoms with Gasteiger partial charge < -0.3 is 14.8 Å². The van der Waals surface area contributed by atoms with E-state index in [0.29, 0.717) is 19.6 Å². The number of carbonyl (C=O) groups excluding carboxylic acids is 1. The first-order chi connectivity index (χ1) is 15.1. The second-order valence-corrected chi connectivity index (χ2v) is 8.68. The first-order valence-electron chi connectivity index (χ1n) is 11.3. The highest BCUT2D eigenvalue weighted by molar-refractivity contribution is 5.75. The number of rotatable bonds is 6. The monoisotopic (exact) mass is 418 g/mol. The van der Waals surface area contributed by atoms with Gasteiger partial charge in [0.2, 0.25) is 0 Å². The lowest BCUT2D eigenvalue weighted by Gasteiger charge is -2.28. The van der Waals surface area contributed by atoms with Crippen molar-refractivity contribution in [3.8, 4) is 11.5 Å². The van der Waals surface area contributed by atoms with Crippen molar-refractivity contribution in [3.63, 3.8) is 0 Å². The molecule has 162 valence electrons. The number of aryl methyl sites for hydroxylation is 2. The molecule has 1 saturated carbocycles. The zero-order valence-electron chi connectivity index (χ0n) is 18.3. The van der Waals surface area contributed by atoms with Crippen molar-refractivity contribution in [2.45, 2.75) is 59.3 Å². The number of fused-ring (bicyclic) bond motifs is 1. The summed E-state index contributed by atoms with van der Waals surface area (Å²) in [4.78, 5) is 19.5. The van der Waals surface area contributed by atoms with Gasteiger partial charge in [-0.25, -0.2) is 9.78 Å². The summed E-state index contributed by atoms with van der Waals surface area (Å²) in [5.74, 6) is 1.70. The molecule has 0 spiro atoms. The summed E-state index contributed by atoms with van der Waals surface area (Å²) in [7, 11) is 0. The summed E-state index contributed by atoms with van der Waals surface area (Å²) in [5.41, 5.74) is 5.60. The molecular weight excluding hydrogens is 388 g/mol. The van der Waals surface area contributed by atoms with Crippen LogP contribution in [0.1, 0.15) is 42.3 Å². The Morgan fingerprint density at radius 2 is 2.03 bits per heavy atom. The van der Waals surface area contributed by atoms with Crippen LogP contribution in [0.15, 0.2) is 36.5 Å². The quantitative estimate of drug-likeness (QED) is 0.663. The van der Waals surface area contributed by atoms with Crippen LogP contribution in [0.2, 0.25) is 0 Å². The van der Waals surface area contributed by atoms with Gasteiger partial charge in [-0.05, 0) is 38.2 Å². The van der Waals surface area contributed by atoms with E-state index in [1.807, 2.05) is 41.4 Å². The van der Waals surface area contributed by atoms with Crippen LogP contribution < -0.4 is 5.32 Å². The number of hydrogen-bond donors (Lipinski definition) is 1. The summed E-state index contributed by atoms with van der Waals surface area (Å²) < 4.78 is 4.41. The Morgan fingerprint density at radius 1 is 1.23 bits per heavy atom. The number of imidazole rings is 1. The van der Waals surface area contributed by atoms with Gasteiger partial charge in [-0.1, -0.05) is 30.3 Å². The van der Waals surface area contributed by atoms with Crippen molar-refractivity contribution in [3.05, 3.63) is 59.0 Å². The Balaban J connectivity index is 1.39. The molecule has 3 aromatic rings. The molecule has 1 fully saturated rings. The number of amides is 2. The van der Waals surface area contributed by atoms with Crippen molar-refractivity contribution in [1.29, 1.82) is 0 Å². The van der Waals surface area contributed by atoms with Crippen LogP contribution in [0.4, 0.5) is 4.79 Å². The van der Waals surface area contributed by atoms with Crippen LogP contribution in [-0.2, 0) is 32.6 Å². The molecule has 1 N–H and O–H groups in total. The van der Waals surface area contributed by atoms with Crippen molar-refractivity contribution >= 4 is 6.03 Å². The lowest BCUT2D eigenvalue weighted by atomic mass is 10.0. The van der Waals surface area contributed by atoms with Gasteiger partial charge >= 0.3 is 6.03 Å². The molecule has 3 heterocycles. The molecule has 7 heteroatoms. The third kappa shape index (κ3) is 3.96. The highest BCUT2D eigenvalue weighted by Crippen LogP contribution is 2.35. The lowest BCUT2D eigenvalue weighted by molar-refractivity contribution is 0.191. The van der Waals surface area contributed by atoms with Gasteiger partial charge in [0.05, 0.1) is 6.54 Å². The van der Waals surface area contributed by atoms with E-state index in [-0.39, 0.29) is 6.03 Å². The van der Waals surface area contributed by atoms with Crippen LogP contribution >= 0.6 is 0 Å². The van der Waals surface area contributed by atoms with E-state index < -0.39 is 0 Å². The topological polar surface area (TPSA) is 68.0 Å². The average molecular weight is 419 g/mol. The number of benzene rings is 1. The number of carbonyl (C=O) groups is 1. The first-order valence-corrected chi connectivity index (χ1v) is 11.3. The van der Waals surface area contributed by atoms with Crippen LogP contribution in [0.25, 0.3) is 11.5 Å². The number of aromatic nitrogens is 4. The normalized spacial score (nSPS) is 15.7. The van der Waals surface area contributed by atoms with Crippen molar-refractivity contribution in [2.24, 2.45) is 5.92 Å². The maximum atomic E-state index is 12.9. The third-order valence-electron chi connectivity index (χ3n) is 6.41. The van der Waals surface area contributed by atoms with E-state index in [1.54, 1.807) is 0 Å². The number of nitrogens with one attached hydrogen (secondary N) is 1. The molecular formula is C24H30N6O. The SMILES string of the molecule is CCn1nc(-c2ncc(C)n2CC2CC2)c2c1CCN(C(=O)NCc1ccccc1)C2. The van der Waals surface area contributed by atoms with Gasteiger partial charge in [-0.3, -0.25) is 4.68 Å². The van der Waals surface area contributed by atoms with Gasteiger partial charge in [0.15, 0.2) is 5.82 Å². The number of urea groups is 1. The smallest absolute Gasteiger partial charge is 0.317 e. The minimum Gasteiger partial charge on any atom is -0.334 e. The maximum Gasteiger partial charge on any atom is 0.317 e. The zero-order valence-corrected chi connectivity index (χ0v) is 18.3. The Labute approximate surface area is 183 Å². The molecule has 0 radical (unpaired) electrons. The van der Waals surface area contributed by atoms with E-state index >= 15 is 0 Å². The summed E-state index contributed by atoms with van der Waals surface area (Å²) in [5, 5.41) is 8.01. The van der Waals surface area contributed by atoms with Crippen LogP contribution in [-0.4, -0.2) is 36.8 Å². The lowest BCUT2D eigenvalue weighted by Crippen LogP contribution is -2.42. The molecule has 0 bridgehead atoms. The molecule has 2 aromatic heterocycles. The summed E-state index contributed by atoms with van der Waals surface area (Å²) in [6.07, 6.45) is 5.36. The van der Waals surface area contributed by atoms with E-state index in [4.69, 9.17) is 10.1 Å². The second kappa shape index (κ2) is 8.21. The summed E-state index contributed by atoms with van der Waals surface area (Å²) >= 11 is 0. The Kier molecular flexibility index (Phi) is 5.26. The number of hydrogen-bond acceptors (Lipinski definition) is 3. The van der Waals surface area contributed by atoms with E-state index in [9.17, 15) is 4.79 Å². The number of nitrogens with zero attached hydrogens (tertiary/aromatic N) is 5. The van der Waals surface area contributed by atoms with Gasteiger partial charge in [0, 0.05) is 55.7 Å². The molecule has 1 aromatic carbocycles. The van der Waals surface area contributed by atoms with Gasteiger partial charge in [0.1, 0.15) is 5.69 Å². The fourth-order valence-electron chi connectivity index (χ4n) is 4.43. The predicted molar refractivity (Wildman–Crippen MR) is 119 cm³/mol. The summed E-state index contributed by atoms with van der Waals surface area (Å²) in [6.45, 7) is 7.88. The molecule has 5 rings (SSSR count). The predicted octanol–water partition coefficient (Wildman–Crippen LogP) is 3.75. The molecule has 1 aliphatic heterocycles. The molecule has 7 nitrogen and oxygen atoms in total. The molecule has 0 saturated heterocycles. The third-order valence-corrected chi connectivity index (χ3v) is 6.41. The fourth-order valence-corrected chi connectivity index (χ4v) is 4.43. The van der Waals surface area contributed by atoms with Crippen LogP contribution in [0, 0.1) is 12.8 Å². The fraction of sp³-hybridized carbons (Fsp3) is 0.458. The van der Waals surface area contributed by atoms with E-state index in [2.05, 4.69) is 28.4 Å². The summed E-state index contributed by atoms with van der Waals surface area (Å²) in [6, 6.07) is 10.00. The minimum atomic E-state index is -0.0257. The Morgan fingerprint density at radius 3 is 2.77 bits per heavy atom. The van der Waals surface area contributed by atoms with Crippen molar-refractivity contribution < 1.29 is 4.79 Å². The van der Waals surface area contributed by atoms with E-state index in [0.717, 1.165) is 48.1 Å². The van der Waals surface area contributed by atoms with Crippen molar-refractivity contribution in [2.75, 3.05) is 6.54 Å². The average Bonchev–Trinajstić information content (AvgIpc) is 3.45. The maximum absolute atomic E-state index is 12.9. The van der Waals surface area contributed by atoms with Gasteiger partial charge in [-0.15, -0.1) is 0 Å². The molecule has 1 aliphatic carbocycles. The Hall–Kier alpha value is -3.09. The highest BCUT2D eigenvalue weighted by Gasteiger charge is 2.31. The van der Waals surface area contributed by atoms with Crippen molar-refractivity contribution in [1.82, 2.24) is 29.5 Å². The van der Waals surface area contributed by atoms with Crippen LogP contribution in [0.5, 0.6) is 0 Å². The largest absolute Gasteiger partial charge is 0.334 e. The first kappa shape index (κ1) is 19.8. The molecule has 31 heavy (non-hydrogen) atoms. The molecule has 0 atom stereocenters. The van der Waals surface area contributed by atoms with Gasteiger partial charge in [0.25, 0.3) is 0 Å². The minimum absolute atomic E-state index is 0.0257. The second-order valence-electron chi connectivity index (χ2n) is 8.68. The molecule has 0 unspecified atom stereocenters. The Bertz CT molecular complexity index is 1080. The van der Waals surface area contributed by atoms with Crippen LogP contribution in [0.3, 0.4) is 0 Å². The zero-order chi connectivity index (χ0) is 21.4. The highest BCUT2D eigenvalue weighted by atomic mass is 16.2. The van der Waals surface area contributed by atoms with Gasteiger partial charge in [-0.2, -0.15) is 5.10 Å².